The highest BCUT2D eigenvalue weighted by Gasteiger charge is 2.16. The number of H-pyrrole nitrogens is 1. The Morgan fingerprint density at radius 2 is 2.24 bits per heavy atom. The highest BCUT2D eigenvalue weighted by molar-refractivity contribution is 5.77. The summed E-state index contributed by atoms with van der Waals surface area (Å²) in [5.74, 6) is -1.07. The molecule has 0 bridgehead atoms. The predicted molar refractivity (Wildman–Crippen MR) is 61.1 cm³/mol. The van der Waals surface area contributed by atoms with Crippen molar-refractivity contribution in [3.05, 3.63) is 18.0 Å². The minimum absolute atomic E-state index is 0.0191. The molecule has 0 aliphatic heterocycles. The molecule has 0 saturated carbocycles. The Morgan fingerprint density at radius 3 is 2.76 bits per heavy atom. The number of carbonyl (C=O) groups is 2. The van der Waals surface area contributed by atoms with Crippen LogP contribution in [0.5, 0.6) is 0 Å². The Kier molecular flexibility index (Phi) is 4.68. The summed E-state index contributed by atoms with van der Waals surface area (Å²) in [6.07, 6.45) is 3.65. The van der Waals surface area contributed by atoms with Gasteiger partial charge in [0.05, 0.1) is 6.20 Å². The maximum atomic E-state index is 11.8. The molecule has 1 aromatic heterocycles. The third-order valence-corrected chi connectivity index (χ3v) is 2.45. The lowest BCUT2D eigenvalue weighted by Gasteiger charge is -2.18. The highest BCUT2D eigenvalue weighted by Crippen LogP contribution is 2.10. The van der Waals surface area contributed by atoms with Gasteiger partial charge in [-0.25, -0.2) is 0 Å². The fourth-order valence-corrected chi connectivity index (χ4v) is 1.55. The lowest BCUT2D eigenvalue weighted by Crippen LogP contribution is -2.27. The summed E-state index contributed by atoms with van der Waals surface area (Å²) >= 11 is 0. The van der Waals surface area contributed by atoms with Crippen LogP contribution in [-0.2, 0) is 16.1 Å². The van der Waals surface area contributed by atoms with Crippen LogP contribution in [-0.4, -0.2) is 39.1 Å². The van der Waals surface area contributed by atoms with E-state index >= 15 is 0 Å². The number of hydrogen-bond donors (Lipinski definition) is 2. The molecule has 1 aromatic rings. The molecule has 0 saturated heterocycles. The Labute approximate surface area is 99.6 Å². The molecule has 2 N–H and O–H groups in total. The van der Waals surface area contributed by atoms with E-state index in [0.29, 0.717) is 6.54 Å². The van der Waals surface area contributed by atoms with Gasteiger partial charge in [-0.2, -0.15) is 5.10 Å². The lowest BCUT2D eigenvalue weighted by molar-refractivity contribution is -0.138. The van der Waals surface area contributed by atoms with Gasteiger partial charge in [0.15, 0.2) is 0 Å². The van der Waals surface area contributed by atoms with Crippen LogP contribution in [0.3, 0.4) is 0 Å². The standard InChI is InChI=1S/C11H17N3O3/c1-8(4-11(16)17)3-10(15)14(2)7-9-5-12-13-6-9/h5-6,8H,3-4,7H2,1-2H3,(H,12,13)(H,16,17). The molecular weight excluding hydrogens is 222 g/mol. The third kappa shape index (κ3) is 4.67. The average Bonchev–Trinajstić information content (AvgIpc) is 2.68. The minimum Gasteiger partial charge on any atom is -0.481 e. The summed E-state index contributed by atoms with van der Waals surface area (Å²) in [5.41, 5.74) is 0.923. The summed E-state index contributed by atoms with van der Waals surface area (Å²) < 4.78 is 0. The maximum Gasteiger partial charge on any atom is 0.303 e. The zero-order valence-corrected chi connectivity index (χ0v) is 10.0. The number of carboxylic acid groups (broad SMARTS) is 1. The molecule has 17 heavy (non-hydrogen) atoms. The Hall–Kier alpha value is -1.85. The molecule has 0 fully saturated rings. The average molecular weight is 239 g/mol. The number of amides is 1. The molecular formula is C11H17N3O3. The van der Waals surface area contributed by atoms with Crippen LogP contribution in [0.15, 0.2) is 12.4 Å². The summed E-state index contributed by atoms with van der Waals surface area (Å²) in [4.78, 5) is 23.8. The van der Waals surface area contributed by atoms with E-state index in [-0.39, 0.29) is 24.7 Å². The number of carboxylic acids is 1. The highest BCUT2D eigenvalue weighted by atomic mass is 16.4. The van der Waals surface area contributed by atoms with Crippen molar-refractivity contribution in [2.24, 2.45) is 5.92 Å². The number of aromatic amines is 1. The molecule has 0 radical (unpaired) electrons. The molecule has 94 valence electrons. The van der Waals surface area contributed by atoms with Crippen LogP contribution in [0, 0.1) is 5.92 Å². The monoisotopic (exact) mass is 239 g/mol. The van der Waals surface area contributed by atoms with Crippen LogP contribution >= 0.6 is 0 Å². The van der Waals surface area contributed by atoms with Crippen LogP contribution in [0.25, 0.3) is 0 Å². The second-order valence-electron chi connectivity index (χ2n) is 4.26. The number of carbonyl (C=O) groups excluding carboxylic acids is 1. The van der Waals surface area contributed by atoms with E-state index in [1.54, 1.807) is 31.3 Å². The van der Waals surface area contributed by atoms with Crippen LogP contribution < -0.4 is 0 Å². The van der Waals surface area contributed by atoms with Crippen molar-refractivity contribution in [2.45, 2.75) is 26.3 Å². The lowest BCUT2D eigenvalue weighted by atomic mass is 10.0. The van der Waals surface area contributed by atoms with Crippen LogP contribution in [0.1, 0.15) is 25.3 Å². The number of rotatable bonds is 6. The van der Waals surface area contributed by atoms with Crippen molar-refractivity contribution in [1.29, 1.82) is 0 Å². The van der Waals surface area contributed by atoms with E-state index in [1.165, 1.54) is 0 Å². The second-order valence-corrected chi connectivity index (χ2v) is 4.26. The molecule has 0 aliphatic carbocycles. The molecule has 6 nitrogen and oxygen atoms in total. The third-order valence-electron chi connectivity index (χ3n) is 2.45. The topological polar surface area (TPSA) is 86.3 Å². The van der Waals surface area contributed by atoms with Gasteiger partial charge in [-0.05, 0) is 5.92 Å². The van der Waals surface area contributed by atoms with E-state index in [4.69, 9.17) is 5.11 Å². The number of aliphatic carboxylic acids is 1. The van der Waals surface area contributed by atoms with Crippen molar-refractivity contribution in [3.8, 4) is 0 Å². The summed E-state index contributed by atoms with van der Waals surface area (Å²) in [6, 6.07) is 0. The molecule has 1 heterocycles. The second kappa shape index (κ2) is 6.03. The number of hydrogen-bond acceptors (Lipinski definition) is 3. The first kappa shape index (κ1) is 13.2. The van der Waals surface area contributed by atoms with E-state index < -0.39 is 5.97 Å². The van der Waals surface area contributed by atoms with Gasteiger partial charge in [0.1, 0.15) is 0 Å². The zero-order chi connectivity index (χ0) is 12.8. The van der Waals surface area contributed by atoms with Crippen molar-refractivity contribution in [2.75, 3.05) is 7.05 Å². The van der Waals surface area contributed by atoms with Crippen molar-refractivity contribution >= 4 is 11.9 Å². The first-order valence-corrected chi connectivity index (χ1v) is 5.42. The van der Waals surface area contributed by atoms with Crippen molar-refractivity contribution < 1.29 is 14.7 Å². The fourth-order valence-electron chi connectivity index (χ4n) is 1.55. The minimum atomic E-state index is -0.872. The Bertz CT molecular complexity index is 375. The van der Waals surface area contributed by atoms with Gasteiger partial charge in [0.25, 0.3) is 0 Å². The van der Waals surface area contributed by atoms with Crippen LogP contribution in [0.2, 0.25) is 0 Å². The first-order valence-electron chi connectivity index (χ1n) is 5.42. The molecule has 0 aliphatic rings. The van der Waals surface area contributed by atoms with Gasteiger partial charge in [-0.15, -0.1) is 0 Å². The molecule has 1 unspecified atom stereocenters. The summed E-state index contributed by atoms with van der Waals surface area (Å²) in [7, 11) is 1.70. The number of aromatic nitrogens is 2. The zero-order valence-electron chi connectivity index (χ0n) is 10.0. The normalized spacial score (nSPS) is 12.1. The van der Waals surface area contributed by atoms with Gasteiger partial charge >= 0.3 is 5.97 Å². The molecule has 1 amide bonds. The van der Waals surface area contributed by atoms with E-state index in [1.807, 2.05) is 0 Å². The van der Waals surface area contributed by atoms with Gasteiger partial charge in [0.2, 0.25) is 5.91 Å². The SMILES string of the molecule is CC(CC(=O)O)CC(=O)N(C)Cc1cn[nH]c1. The summed E-state index contributed by atoms with van der Waals surface area (Å²) in [6.45, 7) is 2.24. The Balaban J connectivity index is 2.39. The smallest absolute Gasteiger partial charge is 0.303 e. The van der Waals surface area contributed by atoms with Crippen LogP contribution in [0.4, 0.5) is 0 Å². The molecule has 0 aromatic carbocycles. The molecule has 6 heteroatoms. The van der Waals surface area contributed by atoms with Gasteiger partial charge in [-0.3, -0.25) is 14.7 Å². The molecule has 1 atom stereocenters. The van der Waals surface area contributed by atoms with Gasteiger partial charge in [0, 0.05) is 38.2 Å². The fraction of sp³-hybridized carbons (Fsp3) is 0.545. The predicted octanol–water partition coefficient (Wildman–Crippen LogP) is 0.869. The number of nitrogens with one attached hydrogen (secondary N) is 1. The molecule has 0 spiro atoms. The van der Waals surface area contributed by atoms with E-state index in [0.717, 1.165) is 5.56 Å². The largest absolute Gasteiger partial charge is 0.481 e. The first-order chi connectivity index (χ1) is 7.99. The maximum absolute atomic E-state index is 11.8. The summed E-state index contributed by atoms with van der Waals surface area (Å²) in [5, 5.41) is 15.1. The van der Waals surface area contributed by atoms with Crippen molar-refractivity contribution in [3.63, 3.8) is 0 Å². The quantitative estimate of drug-likeness (QED) is 0.771. The van der Waals surface area contributed by atoms with E-state index in [9.17, 15) is 9.59 Å². The molecule has 1 rings (SSSR count). The Morgan fingerprint density at radius 1 is 1.53 bits per heavy atom. The van der Waals surface area contributed by atoms with Gasteiger partial charge < -0.3 is 10.0 Å². The van der Waals surface area contributed by atoms with Crippen molar-refractivity contribution in [1.82, 2.24) is 15.1 Å². The number of nitrogens with zero attached hydrogens (tertiary/aromatic N) is 2. The van der Waals surface area contributed by atoms with Gasteiger partial charge in [-0.1, -0.05) is 6.92 Å². The van der Waals surface area contributed by atoms with E-state index in [2.05, 4.69) is 10.2 Å².